The van der Waals surface area contributed by atoms with Gasteiger partial charge in [0.2, 0.25) is 5.91 Å². The Morgan fingerprint density at radius 3 is 2.00 bits per heavy atom. The lowest BCUT2D eigenvalue weighted by atomic mass is 10.1. The van der Waals surface area contributed by atoms with Crippen LogP contribution in [0.4, 0.5) is 5.69 Å². The van der Waals surface area contributed by atoms with E-state index in [1.54, 1.807) is 6.07 Å². The number of carbonyl (C=O) groups is 3. The fourth-order valence-electron chi connectivity index (χ4n) is 2.44. The molecule has 0 saturated heterocycles. The van der Waals surface area contributed by atoms with Gasteiger partial charge >= 0.3 is 11.9 Å². The van der Waals surface area contributed by atoms with Crippen LogP contribution in [0.15, 0.2) is 36.4 Å². The quantitative estimate of drug-likeness (QED) is 0.536. The Balaban J connectivity index is 2.30. The second-order valence-corrected chi connectivity index (χ2v) is 6.46. The van der Waals surface area contributed by atoms with E-state index in [4.69, 9.17) is 27.9 Å². The predicted octanol–water partition coefficient (Wildman–Crippen LogP) is 4.23. The average molecular weight is 438 g/mol. The third-order valence-corrected chi connectivity index (χ3v) is 4.20. The van der Waals surface area contributed by atoms with Gasteiger partial charge in [0, 0.05) is 22.3 Å². The van der Waals surface area contributed by atoms with Crippen LogP contribution < -0.4 is 10.1 Å². The van der Waals surface area contributed by atoms with Crippen molar-refractivity contribution in [2.45, 2.75) is 0 Å². The molecule has 0 aliphatic rings. The molecule has 9 heteroatoms. The molecule has 0 spiro atoms. The minimum atomic E-state index is -0.667. The third-order valence-electron chi connectivity index (χ3n) is 3.70. The molecular formula is C20H17Cl2NO6. The van der Waals surface area contributed by atoms with E-state index in [2.05, 4.69) is 14.8 Å². The highest BCUT2D eigenvalue weighted by Crippen LogP contribution is 2.33. The lowest BCUT2D eigenvalue weighted by molar-refractivity contribution is -0.111. The standard InChI is InChI=1S/C20H17Cl2NO6/c1-27-18-11(7-14(21)10-16(18)22)4-5-17(24)23-15-8-12(19(25)28-2)6-13(9-15)20(26)29-3/h4-10H,1-3H3,(H,23,24). The van der Waals surface area contributed by atoms with Gasteiger partial charge in [0.25, 0.3) is 0 Å². The van der Waals surface area contributed by atoms with Gasteiger partial charge in [0.1, 0.15) is 5.75 Å². The summed E-state index contributed by atoms with van der Waals surface area (Å²) in [5.41, 5.74) is 0.869. The van der Waals surface area contributed by atoms with Crippen molar-refractivity contribution in [3.05, 3.63) is 63.1 Å². The van der Waals surface area contributed by atoms with Gasteiger partial charge in [-0.2, -0.15) is 0 Å². The number of ether oxygens (including phenoxy) is 3. The van der Waals surface area contributed by atoms with Crippen molar-refractivity contribution in [3.8, 4) is 5.75 Å². The van der Waals surface area contributed by atoms with Gasteiger partial charge in [-0.3, -0.25) is 4.79 Å². The predicted molar refractivity (Wildman–Crippen MR) is 110 cm³/mol. The molecule has 0 radical (unpaired) electrons. The first-order chi connectivity index (χ1) is 13.8. The van der Waals surface area contributed by atoms with Crippen LogP contribution in [0.5, 0.6) is 5.75 Å². The van der Waals surface area contributed by atoms with Gasteiger partial charge in [-0.1, -0.05) is 23.2 Å². The number of carbonyl (C=O) groups excluding carboxylic acids is 3. The van der Waals surface area contributed by atoms with Gasteiger partial charge in [-0.25, -0.2) is 9.59 Å². The lowest BCUT2D eigenvalue weighted by Gasteiger charge is -2.09. The maximum Gasteiger partial charge on any atom is 0.337 e. The maximum atomic E-state index is 12.3. The Kier molecular flexibility index (Phi) is 7.64. The summed E-state index contributed by atoms with van der Waals surface area (Å²) in [6.45, 7) is 0. The lowest BCUT2D eigenvalue weighted by Crippen LogP contribution is -2.12. The molecular weight excluding hydrogens is 421 g/mol. The highest BCUT2D eigenvalue weighted by atomic mass is 35.5. The molecule has 2 rings (SSSR count). The molecule has 0 aliphatic carbocycles. The molecule has 7 nitrogen and oxygen atoms in total. The molecule has 152 valence electrons. The minimum absolute atomic E-state index is 0.0815. The summed E-state index contributed by atoms with van der Waals surface area (Å²) in [6.07, 6.45) is 2.70. The van der Waals surface area contributed by atoms with E-state index in [0.29, 0.717) is 21.4 Å². The van der Waals surface area contributed by atoms with Crippen LogP contribution >= 0.6 is 23.2 Å². The number of nitrogens with one attached hydrogen (secondary N) is 1. The van der Waals surface area contributed by atoms with Gasteiger partial charge in [-0.15, -0.1) is 0 Å². The normalized spacial score (nSPS) is 10.5. The van der Waals surface area contributed by atoms with Crippen molar-refractivity contribution in [2.75, 3.05) is 26.6 Å². The molecule has 0 bridgehead atoms. The number of halogens is 2. The Morgan fingerprint density at radius 2 is 1.48 bits per heavy atom. The van der Waals surface area contributed by atoms with Crippen molar-refractivity contribution in [1.82, 2.24) is 0 Å². The largest absolute Gasteiger partial charge is 0.495 e. The zero-order valence-electron chi connectivity index (χ0n) is 15.7. The van der Waals surface area contributed by atoms with Crippen LogP contribution in [-0.2, 0) is 14.3 Å². The van der Waals surface area contributed by atoms with E-state index in [1.165, 1.54) is 57.7 Å². The summed E-state index contributed by atoms with van der Waals surface area (Å²) in [7, 11) is 3.86. The Bertz CT molecular complexity index is 953. The second-order valence-electron chi connectivity index (χ2n) is 5.61. The summed E-state index contributed by atoms with van der Waals surface area (Å²) < 4.78 is 14.5. The van der Waals surface area contributed by atoms with Crippen LogP contribution in [0.25, 0.3) is 6.08 Å². The first kappa shape index (κ1) is 22.3. The number of benzene rings is 2. The van der Waals surface area contributed by atoms with Crippen molar-refractivity contribution in [2.24, 2.45) is 0 Å². The topological polar surface area (TPSA) is 90.9 Å². The smallest absolute Gasteiger partial charge is 0.337 e. The molecule has 2 aromatic carbocycles. The van der Waals surface area contributed by atoms with Crippen molar-refractivity contribution in [3.63, 3.8) is 0 Å². The Labute approximate surface area is 177 Å². The SMILES string of the molecule is COC(=O)c1cc(NC(=O)C=Cc2cc(Cl)cc(Cl)c2OC)cc(C(=O)OC)c1. The maximum absolute atomic E-state index is 12.3. The summed E-state index contributed by atoms with van der Waals surface area (Å²) in [5, 5.41) is 3.25. The zero-order valence-corrected chi connectivity index (χ0v) is 17.3. The molecule has 0 fully saturated rings. The zero-order chi connectivity index (χ0) is 21.6. The number of rotatable bonds is 6. The molecule has 1 N–H and O–H groups in total. The summed E-state index contributed by atoms with van der Waals surface area (Å²) in [4.78, 5) is 36.0. The number of hydrogen-bond acceptors (Lipinski definition) is 6. The van der Waals surface area contributed by atoms with Gasteiger partial charge in [0.05, 0.1) is 37.5 Å². The molecule has 1 amide bonds. The summed E-state index contributed by atoms with van der Waals surface area (Å²) >= 11 is 12.1. The molecule has 0 aromatic heterocycles. The van der Waals surface area contributed by atoms with Crippen molar-refractivity contribution < 1.29 is 28.6 Å². The molecule has 2 aromatic rings. The van der Waals surface area contributed by atoms with E-state index in [-0.39, 0.29) is 16.8 Å². The van der Waals surface area contributed by atoms with E-state index >= 15 is 0 Å². The fraction of sp³-hybridized carbons (Fsp3) is 0.150. The molecule has 0 saturated carbocycles. The first-order valence-corrected chi connectivity index (χ1v) is 8.88. The first-order valence-electron chi connectivity index (χ1n) is 8.12. The van der Waals surface area contributed by atoms with E-state index in [1.807, 2.05) is 0 Å². The summed E-state index contributed by atoms with van der Waals surface area (Å²) in [6, 6.07) is 7.17. The van der Waals surface area contributed by atoms with Crippen LogP contribution in [-0.4, -0.2) is 39.2 Å². The van der Waals surface area contributed by atoms with Gasteiger partial charge in [0.15, 0.2) is 0 Å². The van der Waals surface area contributed by atoms with E-state index in [9.17, 15) is 14.4 Å². The van der Waals surface area contributed by atoms with Crippen LogP contribution in [0, 0.1) is 0 Å². The number of methoxy groups -OCH3 is 3. The minimum Gasteiger partial charge on any atom is -0.495 e. The number of anilines is 1. The average Bonchev–Trinajstić information content (AvgIpc) is 2.70. The van der Waals surface area contributed by atoms with Crippen LogP contribution in [0.3, 0.4) is 0 Å². The molecule has 0 heterocycles. The van der Waals surface area contributed by atoms with Crippen molar-refractivity contribution in [1.29, 1.82) is 0 Å². The fourth-order valence-corrected chi connectivity index (χ4v) is 3.03. The van der Waals surface area contributed by atoms with Crippen LogP contribution in [0.1, 0.15) is 26.3 Å². The Morgan fingerprint density at radius 1 is 0.897 bits per heavy atom. The van der Waals surface area contributed by atoms with Gasteiger partial charge < -0.3 is 19.5 Å². The monoisotopic (exact) mass is 437 g/mol. The van der Waals surface area contributed by atoms with E-state index in [0.717, 1.165) is 0 Å². The molecule has 29 heavy (non-hydrogen) atoms. The summed E-state index contributed by atoms with van der Waals surface area (Å²) in [5.74, 6) is -1.50. The highest BCUT2D eigenvalue weighted by Gasteiger charge is 2.15. The highest BCUT2D eigenvalue weighted by molar-refractivity contribution is 6.36. The van der Waals surface area contributed by atoms with Crippen molar-refractivity contribution >= 4 is 52.8 Å². The molecule has 0 aliphatic heterocycles. The van der Waals surface area contributed by atoms with Gasteiger partial charge in [-0.05, 0) is 36.4 Å². The number of esters is 2. The molecule has 0 unspecified atom stereocenters. The van der Waals surface area contributed by atoms with E-state index < -0.39 is 17.8 Å². The number of amides is 1. The third kappa shape index (κ3) is 5.73. The Hall–Kier alpha value is -3.03. The number of hydrogen-bond donors (Lipinski definition) is 1. The van der Waals surface area contributed by atoms with Crippen LogP contribution in [0.2, 0.25) is 10.0 Å². The molecule has 0 atom stereocenters. The second kappa shape index (κ2) is 9.95.